The minimum absolute atomic E-state index is 0.126. The summed E-state index contributed by atoms with van der Waals surface area (Å²) in [5.41, 5.74) is 8.19. The minimum Gasteiger partial charge on any atom is -0.454 e. The van der Waals surface area contributed by atoms with Crippen molar-refractivity contribution < 1.29 is 24.0 Å². The van der Waals surface area contributed by atoms with Crippen LogP contribution in [0.5, 0.6) is 11.5 Å². The number of carbonyl (C=O) groups excluding carboxylic acids is 2. The molecule has 4 rings (SSSR count). The van der Waals surface area contributed by atoms with Crippen molar-refractivity contribution >= 4 is 28.2 Å². The van der Waals surface area contributed by atoms with Crippen molar-refractivity contribution in [3.8, 4) is 11.5 Å². The molecule has 0 saturated carbocycles. The molecule has 28 heavy (non-hydrogen) atoms. The van der Waals surface area contributed by atoms with E-state index in [-0.39, 0.29) is 19.2 Å². The monoisotopic (exact) mass is 402 g/mol. The molecule has 7 nitrogen and oxygen atoms in total. The zero-order valence-electron chi connectivity index (χ0n) is 15.8. The fourth-order valence-corrected chi connectivity index (χ4v) is 5.13. The molecule has 0 radical (unpaired) electrons. The number of aryl methyl sites for hydroxylation is 1. The Kier molecular flexibility index (Phi) is 5.23. The van der Waals surface area contributed by atoms with E-state index in [1.54, 1.807) is 0 Å². The van der Waals surface area contributed by atoms with E-state index in [0.717, 1.165) is 53.2 Å². The Bertz CT molecular complexity index is 924. The number of benzene rings is 1. The molecule has 0 fully saturated rings. The van der Waals surface area contributed by atoms with E-state index in [2.05, 4.69) is 5.32 Å². The van der Waals surface area contributed by atoms with Gasteiger partial charge in [-0.1, -0.05) is 0 Å². The molecular formula is C20H24N3O4S+. The Hall–Kier alpha value is -2.58. The number of rotatable bonds is 6. The number of nitrogens with one attached hydrogen (secondary N) is 2. The first-order valence-electron chi connectivity index (χ1n) is 9.45. The van der Waals surface area contributed by atoms with Gasteiger partial charge in [-0.25, -0.2) is 0 Å². The van der Waals surface area contributed by atoms with Gasteiger partial charge in [0.25, 0.3) is 11.8 Å². The van der Waals surface area contributed by atoms with Crippen LogP contribution >= 0.6 is 11.3 Å². The van der Waals surface area contributed by atoms with Crippen LogP contribution in [0.1, 0.15) is 39.2 Å². The maximum absolute atomic E-state index is 12.6. The van der Waals surface area contributed by atoms with Crippen molar-refractivity contribution in [3.05, 3.63) is 39.8 Å². The highest BCUT2D eigenvalue weighted by Crippen LogP contribution is 2.37. The molecule has 8 heteroatoms. The molecule has 1 aromatic carbocycles. The van der Waals surface area contributed by atoms with Gasteiger partial charge in [0, 0.05) is 10.4 Å². The smallest absolute Gasteiger partial charge is 0.280 e. The van der Waals surface area contributed by atoms with E-state index >= 15 is 0 Å². The summed E-state index contributed by atoms with van der Waals surface area (Å²) in [5, 5.41) is 3.52. The van der Waals surface area contributed by atoms with Crippen LogP contribution in [0.2, 0.25) is 0 Å². The normalized spacial score (nSPS) is 15.8. The summed E-state index contributed by atoms with van der Waals surface area (Å²) in [4.78, 5) is 26.7. The molecule has 1 atom stereocenters. The molecule has 0 spiro atoms. The average molecular weight is 402 g/mol. The van der Waals surface area contributed by atoms with E-state index < -0.39 is 5.91 Å². The fourth-order valence-electron chi connectivity index (χ4n) is 3.82. The van der Waals surface area contributed by atoms with Crippen LogP contribution in [0.4, 0.5) is 5.00 Å². The van der Waals surface area contributed by atoms with Crippen LogP contribution < -0.4 is 25.4 Å². The van der Waals surface area contributed by atoms with Crippen molar-refractivity contribution in [1.29, 1.82) is 0 Å². The summed E-state index contributed by atoms with van der Waals surface area (Å²) in [7, 11) is 1.96. The molecule has 2 aromatic rings. The van der Waals surface area contributed by atoms with Gasteiger partial charge in [-0.05, 0) is 49.4 Å². The zero-order valence-corrected chi connectivity index (χ0v) is 16.6. The quantitative estimate of drug-likeness (QED) is 0.675. The Balaban J connectivity index is 1.40. The van der Waals surface area contributed by atoms with Gasteiger partial charge in [-0.2, -0.15) is 0 Å². The predicted molar refractivity (Wildman–Crippen MR) is 106 cm³/mol. The number of quaternary nitrogens is 1. The van der Waals surface area contributed by atoms with Crippen molar-refractivity contribution in [2.75, 3.05) is 25.7 Å². The number of ether oxygens (including phenoxy) is 2. The summed E-state index contributed by atoms with van der Waals surface area (Å²) < 4.78 is 10.7. The van der Waals surface area contributed by atoms with Gasteiger partial charge in [-0.15, -0.1) is 11.3 Å². The van der Waals surface area contributed by atoms with Crippen LogP contribution in [-0.2, 0) is 24.2 Å². The van der Waals surface area contributed by atoms with Gasteiger partial charge in [-0.3, -0.25) is 9.59 Å². The Morgan fingerprint density at radius 1 is 1.21 bits per heavy atom. The number of hydrogen-bond acceptors (Lipinski definition) is 5. The standard InChI is InChI=1S/C20H23N3O4S/c1-23(9-12-6-7-14-15(8-12)27-11-26-14)10-17(24)22-20-18(19(21)25)13-4-2-3-5-16(13)28-20/h6-8H,2-5,9-11H2,1H3,(H2,21,25)(H,22,24)/p+1. The number of amides is 2. The molecule has 0 bridgehead atoms. The van der Waals surface area contributed by atoms with Crippen molar-refractivity contribution in [3.63, 3.8) is 0 Å². The van der Waals surface area contributed by atoms with Gasteiger partial charge in [0.1, 0.15) is 11.5 Å². The third kappa shape index (κ3) is 3.83. The first-order valence-corrected chi connectivity index (χ1v) is 10.3. The molecule has 4 N–H and O–H groups in total. The van der Waals surface area contributed by atoms with Gasteiger partial charge < -0.3 is 25.4 Å². The van der Waals surface area contributed by atoms with E-state index in [1.807, 2.05) is 25.2 Å². The van der Waals surface area contributed by atoms with Crippen LogP contribution in [0.15, 0.2) is 18.2 Å². The van der Waals surface area contributed by atoms with Gasteiger partial charge in [0.05, 0.1) is 12.6 Å². The van der Waals surface area contributed by atoms with E-state index in [1.165, 1.54) is 16.2 Å². The summed E-state index contributed by atoms with van der Waals surface area (Å²) in [5.74, 6) is 0.903. The molecule has 1 unspecified atom stereocenters. The van der Waals surface area contributed by atoms with E-state index in [9.17, 15) is 9.59 Å². The number of hydrogen-bond donors (Lipinski definition) is 3. The highest BCUT2D eigenvalue weighted by molar-refractivity contribution is 7.17. The minimum atomic E-state index is -0.462. The molecule has 1 aliphatic heterocycles. The zero-order chi connectivity index (χ0) is 19.7. The molecule has 2 heterocycles. The second-order valence-electron chi connectivity index (χ2n) is 7.33. The molecule has 1 aliphatic carbocycles. The van der Waals surface area contributed by atoms with Gasteiger partial charge in [0.2, 0.25) is 6.79 Å². The van der Waals surface area contributed by atoms with Crippen LogP contribution in [0.3, 0.4) is 0 Å². The number of thiophene rings is 1. The number of primary amides is 1. The molecule has 2 aliphatic rings. The van der Waals surface area contributed by atoms with Crippen LogP contribution in [0, 0.1) is 0 Å². The summed E-state index contributed by atoms with van der Waals surface area (Å²) in [6.07, 6.45) is 3.97. The van der Waals surface area contributed by atoms with Gasteiger partial charge in [0.15, 0.2) is 18.0 Å². The summed E-state index contributed by atoms with van der Waals surface area (Å²) in [6.45, 7) is 1.21. The van der Waals surface area contributed by atoms with Crippen molar-refractivity contribution in [2.45, 2.75) is 32.2 Å². The molecular weight excluding hydrogens is 378 g/mol. The average Bonchev–Trinajstić information content (AvgIpc) is 3.24. The molecule has 2 amide bonds. The number of carbonyl (C=O) groups is 2. The lowest BCUT2D eigenvalue weighted by molar-refractivity contribution is -0.885. The van der Waals surface area contributed by atoms with Crippen molar-refractivity contribution in [2.24, 2.45) is 5.73 Å². The lowest BCUT2D eigenvalue weighted by Crippen LogP contribution is -3.08. The third-order valence-electron chi connectivity index (χ3n) is 5.08. The predicted octanol–water partition coefficient (Wildman–Crippen LogP) is 1.11. The fraction of sp³-hybridized carbons (Fsp3) is 0.400. The summed E-state index contributed by atoms with van der Waals surface area (Å²) in [6, 6.07) is 5.82. The number of likely N-dealkylation sites (N-methyl/N-ethyl adjacent to an activating group) is 1. The van der Waals surface area contributed by atoms with Crippen LogP contribution in [-0.4, -0.2) is 32.2 Å². The largest absolute Gasteiger partial charge is 0.454 e. The lowest BCUT2D eigenvalue weighted by Gasteiger charge is -2.14. The summed E-state index contributed by atoms with van der Waals surface area (Å²) >= 11 is 1.49. The molecule has 1 aromatic heterocycles. The van der Waals surface area contributed by atoms with Gasteiger partial charge >= 0.3 is 0 Å². The second-order valence-corrected chi connectivity index (χ2v) is 8.43. The highest BCUT2D eigenvalue weighted by Gasteiger charge is 2.25. The molecule has 148 valence electrons. The van der Waals surface area contributed by atoms with E-state index in [4.69, 9.17) is 15.2 Å². The topological polar surface area (TPSA) is 95.1 Å². The Morgan fingerprint density at radius 2 is 2.00 bits per heavy atom. The van der Waals surface area contributed by atoms with Crippen molar-refractivity contribution in [1.82, 2.24) is 0 Å². The lowest BCUT2D eigenvalue weighted by atomic mass is 9.95. The second kappa shape index (κ2) is 7.81. The third-order valence-corrected chi connectivity index (χ3v) is 6.28. The number of nitrogens with two attached hydrogens (primary N) is 1. The van der Waals surface area contributed by atoms with E-state index in [0.29, 0.717) is 17.1 Å². The molecule has 0 saturated heterocycles. The first-order chi connectivity index (χ1) is 13.5. The maximum Gasteiger partial charge on any atom is 0.280 e. The Labute approximate surface area is 167 Å². The number of anilines is 1. The SMILES string of the molecule is C[NH+](CC(=O)Nc1sc2c(c1C(N)=O)CCCC2)Cc1ccc2c(c1)OCO2. The van der Waals surface area contributed by atoms with Crippen LogP contribution in [0.25, 0.3) is 0 Å². The Morgan fingerprint density at radius 3 is 2.82 bits per heavy atom. The first kappa shape index (κ1) is 18.8. The number of fused-ring (bicyclic) bond motifs is 2. The maximum atomic E-state index is 12.6. The highest BCUT2D eigenvalue weighted by atomic mass is 32.1.